The number of hydrogen-bond donors (Lipinski definition) is 2. The Balaban J connectivity index is 1.89. The van der Waals surface area contributed by atoms with Crippen molar-refractivity contribution in [3.63, 3.8) is 0 Å². The zero-order valence-electron chi connectivity index (χ0n) is 12.1. The van der Waals surface area contributed by atoms with Gasteiger partial charge in [-0.15, -0.1) is 0 Å². The largest absolute Gasteiger partial charge is 0.497 e. The van der Waals surface area contributed by atoms with Gasteiger partial charge in [-0.2, -0.15) is 0 Å². The van der Waals surface area contributed by atoms with Crippen molar-refractivity contribution >= 4 is 11.6 Å². The van der Waals surface area contributed by atoms with Crippen molar-refractivity contribution in [2.24, 2.45) is 5.92 Å². The van der Waals surface area contributed by atoms with Gasteiger partial charge in [-0.05, 0) is 44.0 Å². The molecule has 1 aliphatic rings. The molecular formula is C15H22N2O3. The molecule has 1 heterocycles. The standard InChI is InChI=1S/C15H22N2O3/c1-19-12-4-5-13(14(9-12)20-2)17-15(18)6-3-11-7-8-16-10-11/h4-5,9,11,16H,3,6-8,10H2,1-2H3,(H,17,18). The fourth-order valence-electron chi connectivity index (χ4n) is 2.41. The molecule has 0 aliphatic carbocycles. The number of amides is 1. The van der Waals surface area contributed by atoms with E-state index in [0.29, 0.717) is 29.5 Å². The SMILES string of the molecule is COc1ccc(NC(=O)CCC2CCNC2)c(OC)c1. The third-order valence-corrected chi connectivity index (χ3v) is 3.62. The highest BCUT2D eigenvalue weighted by atomic mass is 16.5. The predicted molar refractivity (Wildman–Crippen MR) is 78.4 cm³/mol. The summed E-state index contributed by atoms with van der Waals surface area (Å²) in [5.41, 5.74) is 0.683. The van der Waals surface area contributed by atoms with Gasteiger partial charge < -0.3 is 20.1 Å². The molecule has 5 heteroatoms. The molecule has 1 aromatic carbocycles. The highest BCUT2D eigenvalue weighted by molar-refractivity contribution is 5.92. The normalized spacial score (nSPS) is 17.8. The Morgan fingerprint density at radius 1 is 1.40 bits per heavy atom. The second kappa shape index (κ2) is 7.14. The van der Waals surface area contributed by atoms with Crippen molar-refractivity contribution in [3.05, 3.63) is 18.2 Å². The molecule has 1 fully saturated rings. The van der Waals surface area contributed by atoms with E-state index in [2.05, 4.69) is 10.6 Å². The lowest BCUT2D eigenvalue weighted by Crippen LogP contribution is -2.15. The number of rotatable bonds is 6. The van der Waals surface area contributed by atoms with Crippen LogP contribution in [0.1, 0.15) is 19.3 Å². The lowest BCUT2D eigenvalue weighted by atomic mass is 10.0. The lowest BCUT2D eigenvalue weighted by Gasteiger charge is -2.12. The molecule has 0 saturated carbocycles. The molecule has 0 radical (unpaired) electrons. The van der Waals surface area contributed by atoms with Crippen LogP contribution in [-0.4, -0.2) is 33.2 Å². The Labute approximate surface area is 119 Å². The summed E-state index contributed by atoms with van der Waals surface area (Å²) in [4.78, 5) is 12.0. The van der Waals surface area contributed by atoms with Crippen molar-refractivity contribution in [3.8, 4) is 11.5 Å². The smallest absolute Gasteiger partial charge is 0.224 e. The van der Waals surface area contributed by atoms with E-state index >= 15 is 0 Å². The van der Waals surface area contributed by atoms with Crippen molar-refractivity contribution in [1.29, 1.82) is 0 Å². The third kappa shape index (κ3) is 3.87. The first kappa shape index (κ1) is 14.7. The summed E-state index contributed by atoms with van der Waals surface area (Å²) < 4.78 is 10.4. The monoisotopic (exact) mass is 278 g/mol. The van der Waals surface area contributed by atoms with Gasteiger partial charge in [0.1, 0.15) is 11.5 Å². The highest BCUT2D eigenvalue weighted by Gasteiger charge is 2.16. The topological polar surface area (TPSA) is 59.6 Å². The van der Waals surface area contributed by atoms with Gasteiger partial charge >= 0.3 is 0 Å². The van der Waals surface area contributed by atoms with Crippen LogP contribution in [0.5, 0.6) is 11.5 Å². The number of hydrogen-bond acceptors (Lipinski definition) is 4. The van der Waals surface area contributed by atoms with E-state index in [4.69, 9.17) is 9.47 Å². The van der Waals surface area contributed by atoms with E-state index in [9.17, 15) is 4.79 Å². The lowest BCUT2D eigenvalue weighted by molar-refractivity contribution is -0.116. The summed E-state index contributed by atoms with van der Waals surface area (Å²) in [7, 11) is 3.18. The number of methoxy groups -OCH3 is 2. The van der Waals surface area contributed by atoms with Crippen LogP contribution in [0.15, 0.2) is 18.2 Å². The molecule has 2 N–H and O–H groups in total. The molecule has 1 aliphatic heterocycles. The highest BCUT2D eigenvalue weighted by Crippen LogP contribution is 2.29. The Morgan fingerprint density at radius 2 is 2.25 bits per heavy atom. The van der Waals surface area contributed by atoms with Crippen LogP contribution in [0.2, 0.25) is 0 Å². The first-order valence-corrected chi connectivity index (χ1v) is 6.95. The zero-order chi connectivity index (χ0) is 14.4. The number of carbonyl (C=O) groups is 1. The molecule has 20 heavy (non-hydrogen) atoms. The van der Waals surface area contributed by atoms with E-state index in [1.807, 2.05) is 0 Å². The van der Waals surface area contributed by atoms with Crippen LogP contribution in [0.3, 0.4) is 0 Å². The zero-order valence-corrected chi connectivity index (χ0v) is 12.1. The quantitative estimate of drug-likeness (QED) is 0.836. The van der Waals surface area contributed by atoms with Crippen LogP contribution in [0.25, 0.3) is 0 Å². The molecule has 1 unspecified atom stereocenters. The summed E-state index contributed by atoms with van der Waals surface area (Å²) in [6.45, 7) is 2.09. The minimum absolute atomic E-state index is 0.0281. The van der Waals surface area contributed by atoms with Gasteiger partial charge in [0.05, 0.1) is 19.9 Å². The Kier molecular flexibility index (Phi) is 5.24. The molecule has 110 valence electrons. The summed E-state index contributed by atoms with van der Waals surface area (Å²) in [5.74, 6) is 1.97. The second-order valence-electron chi connectivity index (χ2n) is 5.01. The van der Waals surface area contributed by atoms with Crippen LogP contribution in [0, 0.1) is 5.92 Å². The predicted octanol–water partition coefficient (Wildman–Crippen LogP) is 2.03. The average Bonchev–Trinajstić information content (AvgIpc) is 2.99. The molecule has 1 saturated heterocycles. The van der Waals surface area contributed by atoms with E-state index in [1.165, 1.54) is 6.42 Å². The fraction of sp³-hybridized carbons (Fsp3) is 0.533. The van der Waals surface area contributed by atoms with Gasteiger partial charge in [0.15, 0.2) is 0 Å². The van der Waals surface area contributed by atoms with Crippen LogP contribution in [0.4, 0.5) is 5.69 Å². The van der Waals surface area contributed by atoms with Gasteiger partial charge in [-0.1, -0.05) is 0 Å². The number of carbonyl (C=O) groups excluding carboxylic acids is 1. The summed E-state index contributed by atoms with van der Waals surface area (Å²) in [6, 6.07) is 5.36. The maximum Gasteiger partial charge on any atom is 0.224 e. The Bertz CT molecular complexity index is 456. The van der Waals surface area contributed by atoms with E-state index < -0.39 is 0 Å². The number of benzene rings is 1. The van der Waals surface area contributed by atoms with Crippen LogP contribution < -0.4 is 20.1 Å². The maximum absolute atomic E-state index is 12.0. The summed E-state index contributed by atoms with van der Waals surface area (Å²) in [6.07, 6.45) is 2.64. The number of anilines is 1. The van der Waals surface area contributed by atoms with Crippen LogP contribution >= 0.6 is 0 Å². The Hall–Kier alpha value is -1.75. The van der Waals surface area contributed by atoms with Crippen molar-refractivity contribution in [1.82, 2.24) is 5.32 Å². The average molecular weight is 278 g/mol. The molecule has 2 rings (SSSR count). The van der Waals surface area contributed by atoms with Crippen molar-refractivity contribution in [2.75, 3.05) is 32.6 Å². The first-order valence-electron chi connectivity index (χ1n) is 6.95. The van der Waals surface area contributed by atoms with E-state index in [0.717, 1.165) is 19.5 Å². The molecule has 0 aromatic heterocycles. The van der Waals surface area contributed by atoms with Gasteiger partial charge in [0, 0.05) is 12.5 Å². The molecule has 0 spiro atoms. The number of nitrogens with one attached hydrogen (secondary N) is 2. The molecule has 5 nitrogen and oxygen atoms in total. The van der Waals surface area contributed by atoms with Gasteiger partial charge in [0.25, 0.3) is 0 Å². The van der Waals surface area contributed by atoms with Crippen LogP contribution in [-0.2, 0) is 4.79 Å². The fourth-order valence-corrected chi connectivity index (χ4v) is 2.41. The molecule has 1 amide bonds. The maximum atomic E-state index is 12.0. The van der Waals surface area contributed by atoms with E-state index in [1.54, 1.807) is 32.4 Å². The van der Waals surface area contributed by atoms with Crippen molar-refractivity contribution < 1.29 is 14.3 Å². The van der Waals surface area contributed by atoms with Gasteiger partial charge in [-0.25, -0.2) is 0 Å². The van der Waals surface area contributed by atoms with Crippen molar-refractivity contribution in [2.45, 2.75) is 19.3 Å². The molecular weight excluding hydrogens is 256 g/mol. The first-order chi connectivity index (χ1) is 9.72. The minimum Gasteiger partial charge on any atom is -0.497 e. The minimum atomic E-state index is 0.0281. The third-order valence-electron chi connectivity index (χ3n) is 3.62. The molecule has 0 bridgehead atoms. The van der Waals surface area contributed by atoms with Gasteiger partial charge in [-0.3, -0.25) is 4.79 Å². The van der Waals surface area contributed by atoms with Gasteiger partial charge in [0.2, 0.25) is 5.91 Å². The molecule has 1 aromatic rings. The molecule has 1 atom stereocenters. The second-order valence-corrected chi connectivity index (χ2v) is 5.01. The summed E-state index contributed by atoms with van der Waals surface area (Å²) >= 11 is 0. The number of ether oxygens (including phenoxy) is 2. The summed E-state index contributed by atoms with van der Waals surface area (Å²) in [5, 5.41) is 6.21. The Morgan fingerprint density at radius 3 is 2.90 bits per heavy atom. The van der Waals surface area contributed by atoms with E-state index in [-0.39, 0.29) is 5.91 Å².